The third-order valence-electron chi connectivity index (χ3n) is 3.06. The van der Waals surface area contributed by atoms with Crippen LogP contribution in [0.3, 0.4) is 0 Å². The van der Waals surface area contributed by atoms with Gasteiger partial charge in [-0.3, -0.25) is 4.79 Å². The van der Waals surface area contributed by atoms with Gasteiger partial charge in [-0.25, -0.2) is 0 Å². The third kappa shape index (κ3) is 6.23. The molecular weight excluding hydrogens is 236 g/mol. The van der Waals surface area contributed by atoms with Gasteiger partial charge in [-0.05, 0) is 30.4 Å². The van der Waals surface area contributed by atoms with E-state index in [0.717, 1.165) is 25.7 Å². The number of carbonyl (C=O) groups excluding carboxylic acids is 1. The van der Waals surface area contributed by atoms with E-state index < -0.39 is 0 Å². The summed E-state index contributed by atoms with van der Waals surface area (Å²) < 4.78 is 5.43. The molecular formula is C17H24O2. The summed E-state index contributed by atoms with van der Waals surface area (Å²) in [7, 11) is 0. The third-order valence-corrected chi connectivity index (χ3v) is 3.06. The van der Waals surface area contributed by atoms with Crippen LogP contribution in [0.5, 0.6) is 0 Å². The number of ether oxygens (including phenoxy) is 1. The summed E-state index contributed by atoms with van der Waals surface area (Å²) in [6.07, 6.45) is 7.51. The van der Waals surface area contributed by atoms with Crippen LogP contribution in [0.2, 0.25) is 0 Å². The first kappa shape index (κ1) is 15.5. The second-order valence-corrected chi connectivity index (χ2v) is 4.56. The summed E-state index contributed by atoms with van der Waals surface area (Å²) in [6.45, 7) is 4.62. The van der Waals surface area contributed by atoms with Gasteiger partial charge in [0.15, 0.2) is 0 Å². The Morgan fingerprint density at radius 3 is 2.53 bits per heavy atom. The molecule has 1 saturated carbocycles. The Labute approximate surface area is 116 Å². The number of carbonyl (C=O) groups is 1. The van der Waals surface area contributed by atoms with Crippen LogP contribution in [0.15, 0.2) is 42.7 Å². The summed E-state index contributed by atoms with van der Waals surface area (Å²) in [5.74, 6) is 1.04. The summed E-state index contributed by atoms with van der Waals surface area (Å²) >= 11 is 0. The quantitative estimate of drug-likeness (QED) is 0.704. The number of hydrogen-bond acceptors (Lipinski definition) is 2. The molecule has 1 fully saturated rings. The lowest BCUT2D eigenvalue weighted by Crippen LogP contribution is -2.22. The zero-order valence-electron chi connectivity index (χ0n) is 12.0. The van der Waals surface area contributed by atoms with Crippen molar-refractivity contribution in [1.82, 2.24) is 0 Å². The van der Waals surface area contributed by atoms with Crippen molar-refractivity contribution in [3.8, 4) is 0 Å². The van der Waals surface area contributed by atoms with E-state index in [-0.39, 0.29) is 0 Å². The van der Waals surface area contributed by atoms with Gasteiger partial charge in [-0.2, -0.15) is 0 Å². The Morgan fingerprint density at radius 2 is 1.89 bits per heavy atom. The number of rotatable bonds is 6. The minimum absolute atomic E-state index is 0.416. The molecule has 0 bridgehead atoms. The van der Waals surface area contributed by atoms with E-state index in [2.05, 4.69) is 0 Å². The topological polar surface area (TPSA) is 26.3 Å². The van der Waals surface area contributed by atoms with Gasteiger partial charge in [0.25, 0.3) is 0 Å². The number of benzene rings is 1. The second kappa shape index (κ2) is 9.37. The van der Waals surface area contributed by atoms with Gasteiger partial charge in [-0.1, -0.05) is 44.2 Å². The van der Waals surface area contributed by atoms with E-state index in [1.807, 2.05) is 50.3 Å². The zero-order chi connectivity index (χ0) is 13.9. The van der Waals surface area contributed by atoms with Gasteiger partial charge < -0.3 is 4.74 Å². The number of ketones is 1. The lowest BCUT2D eigenvalue weighted by atomic mass is 9.81. The molecule has 0 atom stereocenters. The number of hydrogen-bond donors (Lipinski definition) is 0. The lowest BCUT2D eigenvalue weighted by molar-refractivity contribution is -0.126. The largest absolute Gasteiger partial charge is 0.497 e. The summed E-state index contributed by atoms with van der Waals surface area (Å²) in [5.41, 5.74) is 1.18. The molecule has 2 rings (SSSR count). The van der Waals surface area contributed by atoms with Crippen molar-refractivity contribution in [1.29, 1.82) is 0 Å². The first-order valence-corrected chi connectivity index (χ1v) is 7.17. The zero-order valence-corrected chi connectivity index (χ0v) is 12.0. The molecule has 1 aromatic carbocycles. The van der Waals surface area contributed by atoms with Gasteiger partial charge in [0.1, 0.15) is 12.4 Å². The van der Waals surface area contributed by atoms with E-state index in [1.165, 1.54) is 5.56 Å². The minimum Gasteiger partial charge on any atom is -0.497 e. The molecule has 104 valence electrons. The van der Waals surface area contributed by atoms with Gasteiger partial charge in [0.2, 0.25) is 0 Å². The molecule has 1 aliphatic carbocycles. The molecule has 0 heterocycles. The van der Waals surface area contributed by atoms with Crippen LogP contribution < -0.4 is 0 Å². The molecule has 0 aromatic heterocycles. The predicted molar refractivity (Wildman–Crippen MR) is 78.7 cm³/mol. The molecule has 1 aromatic rings. The molecule has 0 N–H and O–H groups in total. The standard InChI is InChI=1S/C15H18O2.C2H6/c16-15-10-14(11-15)8-4-5-9-17-12-13-6-2-1-3-7-13;1-2/h1-3,5-7,9,14H,4,8,10-12H2;1-2H3/b9-5-;. The smallest absolute Gasteiger partial charge is 0.133 e. The van der Waals surface area contributed by atoms with E-state index in [0.29, 0.717) is 18.3 Å². The molecule has 0 amide bonds. The maximum Gasteiger partial charge on any atom is 0.133 e. The predicted octanol–water partition coefficient (Wildman–Crippen LogP) is 4.50. The maximum absolute atomic E-state index is 10.8. The highest BCUT2D eigenvalue weighted by molar-refractivity contribution is 5.84. The fourth-order valence-corrected chi connectivity index (χ4v) is 1.97. The Bertz CT molecular complexity index is 374. The van der Waals surface area contributed by atoms with E-state index in [9.17, 15) is 4.79 Å². The SMILES string of the molecule is CC.O=C1CC(CC/C=C\OCc2ccccc2)C1. The van der Waals surface area contributed by atoms with E-state index in [1.54, 1.807) is 6.26 Å². The first-order chi connectivity index (χ1) is 9.34. The molecule has 0 saturated heterocycles. The second-order valence-electron chi connectivity index (χ2n) is 4.56. The first-order valence-electron chi connectivity index (χ1n) is 7.17. The van der Waals surface area contributed by atoms with Gasteiger partial charge in [0, 0.05) is 12.8 Å². The van der Waals surface area contributed by atoms with Crippen LogP contribution in [-0.4, -0.2) is 5.78 Å². The molecule has 19 heavy (non-hydrogen) atoms. The molecule has 0 unspecified atom stereocenters. The van der Waals surface area contributed by atoms with Crippen LogP contribution in [0.1, 0.15) is 45.1 Å². The van der Waals surface area contributed by atoms with E-state index >= 15 is 0 Å². The van der Waals surface area contributed by atoms with E-state index in [4.69, 9.17) is 4.74 Å². The maximum atomic E-state index is 10.8. The number of allylic oxidation sites excluding steroid dienone is 1. The normalized spacial score (nSPS) is 14.7. The van der Waals surface area contributed by atoms with Crippen molar-refractivity contribution in [3.63, 3.8) is 0 Å². The summed E-state index contributed by atoms with van der Waals surface area (Å²) in [6, 6.07) is 10.1. The average molecular weight is 260 g/mol. The fraction of sp³-hybridized carbons (Fsp3) is 0.471. The number of Topliss-reactive ketones (excluding diaryl/α,β-unsaturated/α-hetero) is 1. The van der Waals surface area contributed by atoms with Crippen molar-refractivity contribution < 1.29 is 9.53 Å². The fourth-order valence-electron chi connectivity index (χ4n) is 1.97. The molecule has 2 heteroatoms. The molecule has 0 spiro atoms. The van der Waals surface area contributed by atoms with Gasteiger partial charge >= 0.3 is 0 Å². The van der Waals surface area contributed by atoms with Crippen LogP contribution >= 0.6 is 0 Å². The Kier molecular flexibility index (Phi) is 7.64. The molecule has 0 radical (unpaired) electrons. The highest BCUT2D eigenvalue weighted by atomic mass is 16.5. The van der Waals surface area contributed by atoms with Crippen LogP contribution in [0.25, 0.3) is 0 Å². The van der Waals surface area contributed by atoms with Gasteiger partial charge in [-0.15, -0.1) is 0 Å². The molecule has 0 aliphatic heterocycles. The Hall–Kier alpha value is -1.57. The van der Waals surface area contributed by atoms with Crippen molar-refractivity contribution >= 4 is 5.78 Å². The monoisotopic (exact) mass is 260 g/mol. The van der Waals surface area contributed by atoms with Crippen LogP contribution in [0, 0.1) is 5.92 Å². The minimum atomic E-state index is 0.416. The van der Waals surface area contributed by atoms with Crippen molar-refractivity contribution in [2.24, 2.45) is 5.92 Å². The molecule has 2 nitrogen and oxygen atoms in total. The van der Waals surface area contributed by atoms with Crippen molar-refractivity contribution in [3.05, 3.63) is 48.2 Å². The highest BCUT2D eigenvalue weighted by Crippen LogP contribution is 2.27. The van der Waals surface area contributed by atoms with Crippen LogP contribution in [-0.2, 0) is 16.1 Å². The van der Waals surface area contributed by atoms with Gasteiger partial charge in [0.05, 0.1) is 6.26 Å². The summed E-state index contributed by atoms with van der Waals surface area (Å²) in [4.78, 5) is 10.8. The Balaban J connectivity index is 0.000000861. The summed E-state index contributed by atoms with van der Waals surface area (Å²) in [5, 5.41) is 0. The van der Waals surface area contributed by atoms with Crippen molar-refractivity contribution in [2.75, 3.05) is 0 Å². The average Bonchev–Trinajstić information content (AvgIpc) is 2.43. The lowest BCUT2D eigenvalue weighted by Gasteiger charge is -2.22. The highest BCUT2D eigenvalue weighted by Gasteiger charge is 2.24. The molecule has 1 aliphatic rings. The Morgan fingerprint density at radius 1 is 1.21 bits per heavy atom. The van der Waals surface area contributed by atoms with Crippen LogP contribution in [0.4, 0.5) is 0 Å². The van der Waals surface area contributed by atoms with Crippen molar-refractivity contribution in [2.45, 2.75) is 46.1 Å².